The Balaban J connectivity index is 3.35. The zero-order valence-corrected chi connectivity index (χ0v) is 61.9. The van der Waals surface area contributed by atoms with Crippen LogP contribution in [-0.2, 0) is 14.3 Å². The number of hydrogen-bond donors (Lipinski definition) is 3. The molecule has 0 bridgehead atoms. The summed E-state index contributed by atoms with van der Waals surface area (Å²) in [6.45, 7) is 4.96. The topological polar surface area (TPSA) is 95.9 Å². The molecule has 1 amide bonds. The van der Waals surface area contributed by atoms with Crippen LogP contribution in [0.15, 0.2) is 36.5 Å². The normalized spacial score (nSPS) is 12.6. The Morgan fingerprint density at radius 2 is 0.549 bits per heavy atom. The van der Waals surface area contributed by atoms with Gasteiger partial charge in [-0.15, -0.1) is 0 Å². The van der Waals surface area contributed by atoms with Crippen LogP contribution in [0.4, 0.5) is 0 Å². The summed E-state index contributed by atoms with van der Waals surface area (Å²) in [4.78, 5) is 24.6. The van der Waals surface area contributed by atoms with Gasteiger partial charge in [0.2, 0.25) is 5.91 Å². The molecule has 0 aliphatic rings. The Morgan fingerprint density at radius 3 is 0.835 bits per heavy atom. The maximum absolute atomic E-state index is 12.5. The molecule has 3 N–H and O–H groups in total. The molecule has 0 aliphatic carbocycles. The van der Waals surface area contributed by atoms with E-state index in [4.69, 9.17) is 4.74 Å². The van der Waals surface area contributed by atoms with Gasteiger partial charge in [0, 0.05) is 12.8 Å². The van der Waals surface area contributed by atoms with Crippen LogP contribution in [0.2, 0.25) is 0 Å². The number of allylic oxidation sites excluding steroid dienone is 5. The average molecular weight is 1280 g/mol. The molecule has 538 valence electrons. The zero-order chi connectivity index (χ0) is 65.6. The number of amides is 1. The van der Waals surface area contributed by atoms with Crippen LogP contribution in [0, 0.1) is 0 Å². The van der Waals surface area contributed by atoms with Crippen LogP contribution in [-0.4, -0.2) is 47.4 Å². The van der Waals surface area contributed by atoms with Crippen LogP contribution in [0.5, 0.6) is 0 Å². The summed E-state index contributed by atoms with van der Waals surface area (Å²) < 4.78 is 5.52. The summed E-state index contributed by atoms with van der Waals surface area (Å²) in [6, 6.07) is -0.626. The number of rotatable bonds is 79. The lowest BCUT2D eigenvalue weighted by Crippen LogP contribution is -2.45. The van der Waals surface area contributed by atoms with Crippen molar-refractivity contribution in [2.75, 3.05) is 13.2 Å². The molecule has 6 nitrogen and oxygen atoms in total. The van der Waals surface area contributed by atoms with Gasteiger partial charge in [0.15, 0.2) is 0 Å². The van der Waals surface area contributed by atoms with Gasteiger partial charge in [-0.05, 0) is 64.2 Å². The quantitative estimate of drug-likeness (QED) is 0.0320. The van der Waals surface area contributed by atoms with Gasteiger partial charge in [0.05, 0.1) is 25.4 Å². The van der Waals surface area contributed by atoms with E-state index in [1.807, 2.05) is 6.08 Å². The summed E-state index contributed by atoms with van der Waals surface area (Å²) in [7, 11) is 0. The van der Waals surface area contributed by atoms with Crippen molar-refractivity contribution < 1.29 is 24.5 Å². The molecular weight excluding hydrogens is 1110 g/mol. The van der Waals surface area contributed by atoms with Gasteiger partial charge in [-0.3, -0.25) is 9.59 Å². The standard InChI is InChI=1S/C85H163NO5/c1-3-5-7-9-11-13-15-17-19-21-46-49-53-57-61-65-69-73-77-83(88)82(81-87)86-84(89)78-74-70-66-62-58-54-50-47-43-41-39-37-35-33-31-29-27-25-23-22-24-26-28-30-32-34-36-38-40-42-44-48-52-56-60-64-68-72-76-80-91-85(90)79-75-71-67-63-59-55-51-45-20-18-16-14-12-10-8-6-4-2/h22-23,26,28,73,77,82-83,87-88H,3-21,24-25,27,29-72,74-76,78-81H2,1-2H3,(H,86,89)/b23-22-,28-26-,77-73+. The van der Waals surface area contributed by atoms with E-state index in [1.54, 1.807) is 6.08 Å². The van der Waals surface area contributed by atoms with Gasteiger partial charge in [0.1, 0.15) is 0 Å². The molecule has 0 radical (unpaired) electrons. The van der Waals surface area contributed by atoms with Gasteiger partial charge < -0.3 is 20.3 Å². The Hall–Kier alpha value is -1.92. The molecule has 0 rings (SSSR count). The lowest BCUT2D eigenvalue weighted by atomic mass is 10.0. The third-order valence-electron chi connectivity index (χ3n) is 19.7. The minimum Gasteiger partial charge on any atom is -0.466 e. The van der Waals surface area contributed by atoms with Crippen molar-refractivity contribution in [3.8, 4) is 0 Å². The molecule has 0 fully saturated rings. The van der Waals surface area contributed by atoms with Crippen molar-refractivity contribution in [1.29, 1.82) is 0 Å². The van der Waals surface area contributed by atoms with E-state index >= 15 is 0 Å². The van der Waals surface area contributed by atoms with E-state index < -0.39 is 12.1 Å². The van der Waals surface area contributed by atoms with E-state index in [0.29, 0.717) is 19.4 Å². The number of esters is 1. The highest BCUT2D eigenvalue weighted by Crippen LogP contribution is 2.20. The highest BCUT2D eigenvalue weighted by Gasteiger charge is 2.18. The fourth-order valence-electron chi connectivity index (χ4n) is 13.3. The molecule has 0 heterocycles. The van der Waals surface area contributed by atoms with E-state index in [-0.39, 0.29) is 18.5 Å². The van der Waals surface area contributed by atoms with Gasteiger partial charge >= 0.3 is 5.97 Å². The predicted octanol–water partition coefficient (Wildman–Crippen LogP) is 27.8. The smallest absolute Gasteiger partial charge is 0.305 e. The first-order chi connectivity index (χ1) is 45.0. The summed E-state index contributed by atoms with van der Waals surface area (Å²) in [5.41, 5.74) is 0. The summed E-state index contributed by atoms with van der Waals surface area (Å²) >= 11 is 0. The minimum absolute atomic E-state index is 0.0250. The zero-order valence-electron chi connectivity index (χ0n) is 61.9. The molecule has 0 aliphatic heterocycles. The Labute approximate surface area is 570 Å². The minimum atomic E-state index is -0.843. The van der Waals surface area contributed by atoms with Crippen molar-refractivity contribution >= 4 is 11.9 Å². The van der Waals surface area contributed by atoms with E-state index in [0.717, 1.165) is 44.9 Å². The van der Waals surface area contributed by atoms with Gasteiger partial charge in [-0.1, -0.05) is 429 Å². The summed E-state index contributed by atoms with van der Waals surface area (Å²) in [5.74, 6) is -0.0360. The SMILES string of the molecule is CCCCCCCCCCCCCCCCCC/C=C/C(O)C(CO)NC(=O)CCCCCCCCCCCCCCCCCCC/C=C\C/C=C\CCCCCCCCCCCCCCCCCOC(=O)CCCCCCCCCCCCCCCCCCC. The lowest BCUT2D eigenvalue weighted by Gasteiger charge is -2.20. The molecule has 2 atom stereocenters. The number of ether oxygens (including phenoxy) is 1. The maximum atomic E-state index is 12.5. The van der Waals surface area contributed by atoms with Crippen LogP contribution >= 0.6 is 0 Å². The van der Waals surface area contributed by atoms with E-state index in [2.05, 4.69) is 43.5 Å². The number of carbonyl (C=O) groups excluding carboxylic acids is 2. The second-order valence-electron chi connectivity index (χ2n) is 28.8. The fraction of sp³-hybridized carbons (Fsp3) is 0.906. The number of unbranched alkanes of at least 4 members (excludes halogenated alkanes) is 64. The fourth-order valence-corrected chi connectivity index (χ4v) is 13.3. The molecule has 2 unspecified atom stereocenters. The largest absolute Gasteiger partial charge is 0.466 e. The molecular formula is C85H163NO5. The molecule has 0 aromatic rings. The number of nitrogens with one attached hydrogen (secondary N) is 1. The van der Waals surface area contributed by atoms with Crippen molar-refractivity contribution in [1.82, 2.24) is 5.32 Å². The number of carbonyl (C=O) groups is 2. The first-order valence-electron chi connectivity index (χ1n) is 41.8. The van der Waals surface area contributed by atoms with Crippen molar-refractivity contribution in [2.45, 2.75) is 482 Å². The second-order valence-corrected chi connectivity index (χ2v) is 28.8. The average Bonchev–Trinajstić information content (AvgIpc) is 3.73. The van der Waals surface area contributed by atoms with Crippen molar-refractivity contribution in [2.24, 2.45) is 0 Å². The molecule has 0 aromatic carbocycles. The number of hydrogen-bond acceptors (Lipinski definition) is 5. The first kappa shape index (κ1) is 89.1. The summed E-state index contributed by atoms with van der Waals surface area (Å²) in [5, 5.41) is 23.3. The highest BCUT2D eigenvalue weighted by molar-refractivity contribution is 5.76. The lowest BCUT2D eigenvalue weighted by molar-refractivity contribution is -0.143. The number of aliphatic hydroxyl groups is 2. The van der Waals surface area contributed by atoms with Gasteiger partial charge in [-0.25, -0.2) is 0 Å². The van der Waals surface area contributed by atoms with E-state index in [9.17, 15) is 19.8 Å². The Kier molecular flexibility index (Phi) is 78.8. The molecule has 0 spiro atoms. The first-order valence-corrected chi connectivity index (χ1v) is 41.8. The van der Waals surface area contributed by atoms with Gasteiger partial charge in [-0.2, -0.15) is 0 Å². The molecule has 91 heavy (non-hydrogen) atoms. The van der Waals surface area contributed by atoms with Crippen LogP contribution < -0.4 is 5.32 Å². The van der Waals surface area contributed by atoms with Crippen molar-refractivity contribution in [3.05, 3.63) is 36.5 Å². The highest BCUT2D eigenvalue weighted by atomic mass is 16.5. The third-order valence-corrected chi connectivity index (χ3v) is 19.7. The van der Waals surface area contributed by atoms with Crippen LogP contribution in [0.1, 0.15) is 470 Å². The number of aliphatic hydroxyl groups excluding tert-OH is 2. The maximum Gasteiger partial charge on any atom is 0.305 e. The second kappa shape index (κ2) is 80.5. The molecule has 0 saturated heterocycles. The Morgan fingerprint density at radius 1 is 0.308 bits per heavy atom. The van der Waals surface area contributed by atoms with Crippen molar-refractivity contribution in [3.63, 3.8) is 0 Å². The summed E-state index contributed by atoms with van der Waals surface area (Å²) in [6.07, 6.45) is 106. The predicted molar refractivity (Wildman–Crippen MR) is 403 cm³/mol. The van der Waals surface area contributed by atoms with E-state index in [1.165, 1.54) is 398 Å². The van der Waals surface area contributed by atoms with Crippen LogP contribution in [0.25, 0.3) is 0 Å². The Bertz CT molecular complexity index is 1470. The monoisotopic (exact) mass is 1280 g/mol. The molecule has 6 heteroatoms. The van der Waals surface area contributed by atoms with Gasteiger partial charge in [0.25, 0.3) is 0 Å². The molecule has 0 aromatic heterocycles. The molecule has 0 saturated carbocycles. The third kappa shape index (κ3) is 77.0. The van der Waals surface area contributed by atoms with Crippen LogP contribution in [0.3, 0.4) is 0 Å².